The van der Waals surface area contributed by atoms with Crippen molar-refractivity contribution >= 4 is 23.1 Å². The molecular weight excluding hydrogens is 250 g/mol. The zero-order valence-corrected chi connectivity index (χ0v) is 10.7. The van der Waals surface area contributed by atoms with Gasteiger partial charge in [0.25, 0.3) is 0 Å². The number of hydrazine groups is 1. The van der Waals surface area contributed by atoms with E-state index in [2.05, 4.69) is 20.7 Å². The van der Waals surface area contributed by atoms with Crippen LogP contribution < -0.4 is 16.6 Å². The van der Waals surface area contributed by atoms with Crippen molar-refractivity contribution < 1.29 is 5.11 Å². The van der Waals surface area contributed by atoms with Gasteiger partial charge >= 0.3 is 0 Å². The Morgan fingerprint density at radius 1 is 1.50 bits per heavy atom. The lowest BCUT2D eigenvalue weighted by Crippen LogP contribution is -2.15. The van der Waals surface area contributed by atoms with Crippen LogP contribution in [0.15, 0.2) is 22.9 Å². The second-order valence-corrected chi connectivity index (χ2v) is 4.60. The number of aliphatic hydroxyl groups excluding tert-OH is 1. The summed E-state index contributed by atoms with van der Waals surface area (Å²) in [5.41, 5.74) is 4.10. The van der Waals surface area contributed by atoms with Crippen molar-refractivity contribution in [3.63, 3.8) is 0 Å². The number of nitrogens with two attached hydrogens (primary N) is 1. The highest BCUT2D eigenvalue weighted by molar-refractivity contribution is 7.07. The number of hydrogen-bond donors (Lipinski definition) is 4. The van der Waals surface area contributed by atoms with Gasteiger partial charge in [0.05, 0.1) is 6.10 Å². The second kappa shape index (κ2) is 5.76. The molecule has 0 radical (unpaired) electrons. The summed E-state index contributed by atoms with van der Waals surface area (Å²) < 4.78 is 0. The van der Waals surface area contributed by atoms with Gasteiger partial charge in [-0.15, -0.1) is 0 Å². The summed E-state index contributed by atoms with van der Waals surface area (Å²) >= 11 is 1.56. The minimum atomic E-state index is -0.555. The van der Waals surface area contributed by atoms with E-state index in [-0.39, 0.29) is 0 Å². The molecule has 2 heterocycles. The monoisotopic (exact) mass is 265 g/mol. The number of aliphatic hydroxyl groups is 1. The van der Waals surface area contributed by atoms with Crippen molar-refractivity contribution in [3.05, 3.63) is 34.2 Å². The molecule has 0 amide bonds. The lowest BCUT2D eigenvalue weighted by Gasteiger charge is -2.12. The van der Waals surface area contributed by atoms with E-state index in [1.807, 2.05) is 23.8 Å². The smallest absolute Gasteiger partial charge is 0.239 e. The third kappa shape index (κ3) is 3.16. The van der Waals surface area contributed by atoms with Crippen LogP contribution >= 0.6 is 11.3 Å². The fourth-order valence-electron chi connectivity index (χ4n) is 1.51. The van der Waals surface area contributed by atoms with Crippen molar-refractivity contribution in [2.75, 3.05) is 17.3 Å². The van der Waals surface area contributed by atoms with Crippen LogP contribution in [-0.2, 0) is 0 Å². The van der Waals surface area contributed by atoms with Crippen LogP contribution in [0.25, 0.3) is 0 Å². The van der Waals surface area contributed by atoms with E-state index in [0.717, 1.165) is 11.3 Å². The normalized spacial score (nSPS) is 12.2. The predicted molar refractivity (Wildman–Crippen MR) is 72.3 cm³/mol. The van der Waals surface area contributed by atoms with Gasteiger partial charge in [0, 0.05) is 18.3 Å². The Labute approximate surface area is 109 Å². The van der Waals surface area contributed by atoms with Crippen LogP contribution in [0.4, 0.5) is 11.8 Å². The number of hydrogen-bond acceptors (Lipinski definition) is 7. The lowest BCUT2D eigenvalue weighted by molar-refractivity contribution is 0.192. The van der Waals surface area contributed by atoms with Crippen molar-refractivity contribution in [3.8, 4) is 0 Å². The van der Waals surface area contributed by atoms with Gasteiger partial charge in [0.2, 0.25) is 5.95 Å². The average Bonchev–Trinajstić information content (AvgIpc) is 2.89. The van der Waals surface area contributed by atoms with Gasteiger partial charge < -0.3 is 10.4 Å². The fraction of sp³-hybridized carbons (Fsp3) is 0.273. The van der Waals surface area contributed by atoms with Crippen LogP contribution in [0.3, 0.4) is 0 Å². The molecule has 0 spiro atoms. The third-order valence-electron chi connectivity index (χ3n) is 2.39. The summed E-state index contributed by atoms with van der Waals surface area (Å²) in [7, 11) is 0. The number of nitrogens with one attached hydrogen (secondary N) is 2. The summed E-state index contributed by atoms with van der Waals surface area (Å²) in [6, 6.07) is 3.69. The summed E-state index contributed by atoms with van der Waals surface area (Å²) in [6.45, 7) is 2.24. The first kappa shape index (κ1) is 12.7. The largest absolute Gasteiger partial charge is 0.387 e. The van der Waals surface area contributed by atoms with Gasteiger partial charge in [0.1, 0.15) is 5.82 Å². The molecule has 18 heavy (non-hydrogen) atoms. The first-order chi connectivity index (χ1) is 8.69. The van der Waals surface area contributed by atoms with Crippen molar-refractivity contribution in [2.24, 2.45) is 5.84 Å². The zero-order chi connectivity index (χ0) is 13.0. The molecular formula is C11H15N5OS. The van der Waals surface area contributed by atoms with Crippen molar-refractivity contribution in [1.82, 2.24) is 9.97 Å². The Morgan fingerprint density at radius 3 is 3.00 bits per heavy atom. The third-order valence-corrected chi connectivity index (χ3v) is 3.09. The Balaban J connectivity index is 1.99. The van der Waals surface area contributed by atoms with E-state index in [0.29, 0.717) is 18.3 Å². The molecule has 2 aromatic rings. The molecule has 96 valence electrons. The van der Waals surface area contributed by atoms with E-state index < -0.39 is 6.10 Å². The number of thiophene rings is 1. The number of anilines is 2. The van der Waals surface area contributed by atoms with Gasteiger partial charge in [0.15, 0.2) is 0 Å². The molecule has 0 aliphatic heterocycles. The van der Waals surface area contributed by atoms with Crippen molar-refractivity contribution in [2.45, 2.75) is 13.0 Å². The molecule has 1 unspecified atom stereocenters. The quantitative estimate of drug-likeness (QED) is 0.480. The molecule has 6 nitrogen and oxygen atoms in total. The summed E-state index contributed by atoms with van der Waals surface area (Å²) in [4.78, 5) is 8.22. The minimum absolute atomic E-state index is 0.350. The molecule has 2 aromatic heterocycles. The Hall–Kier alpha value is -1.70. The van der Waals surface area contributed by atoms with Gasteiger partial charge in [-0.2, -0.15) is 16.3 Å². The highest BCUT2D eigenvalue weighted by Crippen LogP contribution is 2.17. The van der Waals surface area contributed by atoms with Crippen molar-refractivity contribution in [1.29, 1.82) is 0 Å². The maximum absolute atomic E-state index is 9.93. The van der Waals surface area contributed by atoms with Crippen LogP contribution in [0.1, 0.15) is 17.4 Å². The standard InChI is InChI=1S/C11H15N5OS/c1-7-4-10(15-11(14-7)16-12)13-5-9(17)8-2-3-18-6-8/h2-4,6,9,17H,5,12H2,1H3,(H2,13,14,15,16). The summed E-state index contributed by atoms with van der Waals surface area (Å²) in [5, 5.41) is 16.8. The first-order valence-electron chi connectivity index (χ1n) is 5.45. The molecule has 0 aliphatic rings. The number of aromatic nitrogens is 2. The molecule has 2 rings (SSSR count). The Morgan fingerprint density at radius 2 is 2.33 bits per heavy atom. The van der Waals surface area contributed by atoms with E-state index in [1.165, 1.54) is 0 Å². The number of rotatable bonds is 5. The predicted octanol–water partition coefficient (Wildman–Crippen LogP) is 1.28. The topological polar surface area (TPSA) is 96.1 Å². The highest BCUT2D eigenvalue weighted by atomic mass is 32.1. The highest BCUT2D eigenvalue weighted by Gasteiger charge is 2.08. The van der Waals surface area contributed by atoms with Gasteiger partial charge in [-0.1, -0.05) is 0 Å². The molecule has 0 fully saturated rings. The number of nitrogens with zero attached hydrogens (tertiary/aromatic N) is 2. The van der Waals surface area contributed by atoms with Gasteiger partial charge in [-0.25, -0.2) is 10.8 Å². The number of aryl methyl sites for hydroxylation is 1. The average molecular weight is 265 g/mol. The summed E-state index contributed by atoms with van der Waals surface area (Å²) in [6.07, 6.45) is -0.555. The molecule has 0 aliphatic carbocycles. The van der Waals surface area contributed by atoms with Gasteiger partial charge in [-0.05, 0) is 29.3 Å². The van der Waals surface area contributed by atoms with E-state index in [4.69, 9.17) is 5.84 Å². The van der Waals surface area contributed by atoms with E-state index in [1.54, 1.807) is 17.4 Å². The maximum atomic E-state index is 9.93. The molecule has 1 atom stereocenters. The molecule has 0 bridgehead atoms. The SMILES string of the molecule is Cc1cc(NCC(O)c2ccsc2)nc(NN)n1. The maximum Gasteiger partial charge on any atom is 0.239 e. The van der Waals surface area contributed by atoms with Crippen LogP contribution in [-0.4, -0.2) is 21.6 Å². The van der Waals surface area contributed by atoms with Crippen LogP contribution in [0.5, 0.6) is 0 Å². The minimum Gasteiger partial charge on any atom is -0.387 e. The number of nitrogen functional groups attached to an aromatic ring is 1. The lowest BCUT2D eigenvalue weighted by atomic mass is 10.2. The fourth-order valence-corrected chi connectivity index (χ4v) is 2.21. The first-order valence-corrected chi connectivity index (χ1v) is 6.39. The van der Waals surface area contributed by atoms with Crippen LogP contribution in [0, 0.1) is 6.92 Å². The van der Waals surface area contributed by atoms with Crippen LogP contribution in [0.2, 0.25) is 0 Å². The molecule has 0 aromatic carbocycles. The summed E-state index contributed by atoms with van der Waals surface area (Å²) in [5.74, 6) is 6.25. The van der Waals surface area contributed by atoms with Gasteiger partial charge in [-0.3, -0.25) is 5.43 Å². The van der Waals surface area contributed by atoms with E-state index in [9.17, 15) is 5.11 Å². The molecule has 0 saturated carbocycles. The molecule has 7 heteroatoms. The second-order valence-electron chi connectivity index (χ2n) is 3.82. The van der Waals surface area contributed by atoms with E-state index >= 15 is 0 Å². The molecule has 5 N–H and O–H groups in total. The Kier molecular flexibility index (Phi) is 4.08. The Bertz CT molecular complexity index is 502. The molecule has 0 saturated heterocycles. The zero-order valence-electron chi connectivity index (χ0n) is 9.92.